The number of benzene rings is 1. The first-order valence-electron chi connectivity index (χ1n) is 6.00. The highest BCUT2D eigenvalue weighted by Gasteiger charge is 2.33. The molecule has 1 aromatic rings. The fraction of sp³-hybridized carbons (Fsp3) is 0.538. The molecule has 0 radical (unpaired) electrons. The van der Waals surface area contributed by atoms with Gasteiger partial charge in [0.25, 0.3) is 0 Å². The van der Waals surface area contributed by atoms with E-state index in [0.29, 0.717) is 12.1 Å². The number of likely N-dealkylation sites (N-methyl/N-ethyl adjacent to an activating group) is 1. The van der Waals surface area contributed by atoms with Crippen molar-refractivity contribution < 1.29 is 17.9 Å². The zero-order valence-electron chi connectivity index (χ0n) is 10.3. The van der Waals surface area contributed by atoms with E-state index in [1.165, 1.54) is 0 Å². The maximum absolute atomic E-state index is 13.7. The lowest BCUT2D eigenvalue weighted by Crippen LogP contribution is -2.31. The second-order valence-electron chi connectivity index (χ2n) is 4.61. The Hall–Kier alpha value is -1.07. The van der Waals surface area contributed by atoms with Gasteiger partial charge in [-0.3, -0.25) is 0 Å². The van der Waals surface area contributed by atoms with Crippen LogP contribution in [0.1, 0.15) is 31.4 Å². The maximum Gasteiger partial charge on any atom is 0.133 e. The quantitative estimate of drug-likeness (QED) is 0.901. The lowest BCUT2D eigenvalue weighted by Gasteiger charge is -2.24. The standard InChI is InChI=1S/C13H16F3NO/c1-7-3-4-11(18-7)13(17-2)12-9(15)5-8(14)6-10(12)16/h5-7,11,13,17H,3-4H2,1-2H3. The van der Waals surface area contributed by atoms with Gasteiger partial charge < -0.3 is 10.1 Å². The molecule has 3 atom stereocenters. The van der Waals surface area contributed by atoms with Gasteiger partial charge in [-0.2, -0.15) is 0 Å². The SMILES string of the molecule is CNC(c1c(F)cc(F)cc1F)C1CCC(C)O1. The van der Waals surface area contributed by atoms with Crippen molar-refractivity contribution in [3.05, 3.63) is 35.1 Å². The molecule has 2 nitrogen and oxygen atoms in total. The first-order chi connectivity index (χ1) is 8.52. The van der Waals surface area contributed by atoms with Gasteiger partial charge >= 0.3 is 0 Å². The molecule has 5 heteroatoms. The van der Waals surface area contributed by atoms with Crippen molar-refractivity contribution in [2.75, 3.05) is 7.05 Å². The molecule has 0 amide bonds. The van der Waals surface area contributed by atoms with Gasteiger partial charge in [0.05, 0.1) is 18.2 Å². The number of halogens is 3. The normalized spacial score (nSPS) is 25.4. The summed E-state index contributed by atoms with van der Waals surface area (Å²) in [5, 5.41) is 2.85. The molecule has 3 unspecified atom stereocenters. The summed E-state index contributed by atoms with van der Waals surface area (Å²) in [6.45, 7) is 1.92. The average molecular weight is 259 g/mol. The zero-order valence-corrected chi connectivity index (χ0v) is 10.3. The Morgan fingerprint density at radius 1 is 1.22 bits per heavy atom. The maximum atomic E-state index is 13.7. The second kappa shape index (κ2) is 5.28. The largest absolute Gasteiger partial charge is 0.373 e. The first kappa shape index (κ1) is 13.4. The number of hydrogen-bond acceptors (Lipinski definition) is 2. The summed E-state index contributed by atoms with van der Waals surface area (Å²) in [6, 6.07) is 0.790. The van der Waals surface area contributed by atoms with Crippen LogP contribution >= 0.6 is 0 Å². The fourth-order valence-electron chi connectivity index (χ4n) is 2.45. The number of rotatable bonds is 3. The molecule has 0 saturated carbocycles. The molecule has 1 fully saturated rings. The third-order valence-electron chi connectivity index (χ3n) is 3.30. The van der Waals surface area contributed by atoms with Crippen LogP contribution in [0.25, 0.3) is 0 Å². The average Bonchev–Trinajstić information content (AvgIpc) is 2.69. The Morgan fingerprint density at radius 3 is 2.28 bits per heavy atom. The summed E-state index contributed by atoms with van der Waals surface area (Å²) in [5.41, 5.74) is -0.155. The van der Waals surface area contributed by atoms with E-state index in [2.05, 4.69) is 5.32 Å². The van der Waals surface area contributed by atoms with Crippen molar-refractivity contribution >= 4 is 0 Å². The molecule has 2 rings (SSSR count). The summed E-state index contributed by atoms with van der Waals surface area (Å²) in [7, 11) is 1.61. The second-order valence-corrected chi connectivity index (χ2v) is 4.61. The third kappa shape index (κ3) is 2.52. The highest BCUT2D eigenvalue weighted by Crippen LogP contribution is 2.32. The molecule has 1 heterocycles. The van der Waals surface area contributed by atoms with E-state index in [0.717, 1.165) is 12.8 Å². The molecule has 0 aliphatic carbocycles. The van der Waals surface area contributed by atoms with Gasteiger partial charge in [0, 0.05) is 17.7 Å². The Balaban J connectivity index is 2.33. The van der Waals surface area contributed by atoms with Crippen molar-refractivity contribution in [3.8, 4) is 0 Å². The van der Waals surface area contributed by atoms with E-state index in [9.17, 15) is 13.2 Å². The van der Waals surface area contributed by atoms with E-state index in [-0.39, 0.29) is 17.8 Å². The van der Waals surface area contributed by atoms with E-state index in [4.69, 9.17) is 4.74 Å². The van der Waals surface area contributed by atoms with Crippen LogP contribution in [0.5, 0.6) is 0 Å². The van der Waals surface area contributed by atoms with Crippen LogP contribution in [0, 0.1) is 17.5 Å². The molecule has 0 bridgehead atoms. The smallest absolute Gasteiger partial charge is 0.133 e. The molecular formula is C13H16F3NO. The van der Waals surface area contributed by atoms with Crippen molar-refractivity contribution in [2.45, 2.75) is 38.0 Å². The van der Waals surface area contributed by atoms with Crippen LogP contribution < -0.4 is 5.32 Å². The van der Waals surface area contributed by atoms with Gasteiger partial charge in [-0.15, -0.1) is 0 Å². The van der Waals surface area contributed by atoms with E-state index in [1.807, 2.05) is 6.92 Å². The topological polar surface area (TPSA) is 21.3 Å². The van der Waals surface area contributed by atoms with Crippen LogP contribution in [0.2, 0.25) is 0 Å². The lowest BCUT2D eigenvalue weighted by atomic mass is 9.98. The minimum atomic E-state index is -0.913. The van der Waals surface area contributed by atoms with Crippen molar-refractivity contribution in [2.24, 2.45) is 0 Å². The van der Waals surface area contributed by atoms with Gasteiger partial charge in [-0.25, -0.2) is 13.2 Å². The molecule has 1 aliphatic heterocycles. The molecule has 1 aromatic carbocycles. The molecule has 100 valence electrons. The summed E-state index contributed by atoms with van der Waals surface area (Å²) < 4.78 is 45.9. The summed E-state index contributed by atoms with van der Waals surface area (Å²) in [6.07, 6.45) is 1.37. The highest BCUT2D eigenvalue weighted by molar-refractivity contribution is 5.25. The predicted octanol–water partition coefficient (Wildman–Crippen LogP) is 2.93. The Morgan fingerprint density at radius 2 is 1.83 bits per heavy atom. The first-order valence-corrected chi connectivity index (χ1v) is 6.00. The fourth-order valence-corrected chi connectivity index (χ4v) is 2.45. The lowest BCUT2D eigenvalue weighted by molar-refractivity contribution is 0.0316. The number of nitrogens with one attached hydrogen (secondary N) is 1. The molecule has 1 N–H and O–H groups in total. The van der Waals surface area contributed by atoms with Crippen LogP contribution in [0.15, 0.2) is 12.1 Å². The highest BCUT2D eigenvalue weighted by atomic mass is 19.1. The van der Waals surface area contributed by atoms with Crippen molar-refractivity contribution in [3.63, 3.8) is 0 Å². The summed E-state index contributed by atoms with van der Waals surface area (Å²) >= 11 is 0. The predicted molar refractivity (Wildman–Crippen MR) is 61.7 cm³/mol. The molecule has 0 aromatic heterocycles. The Labute approximate surface area is 104 Å². The van der Waals surface area contributed by atoms with Crippen LogP contribution in [-0.4, -0.2) is 19.3 Å². The van der Waals surface area contributed by atoms with Gasteiger partial charge in [-0.05, 0) is 26.8 Å². The summed E-state index contributed by atoms with van der Waals surface area (Å²) in [5.74, 6) is -2.67. The number of hydrogen-bond donors (Lipinski definition) is 1. The summed E-state index contributed by atoms with van der Waals surface area (Å²) in [4.78, 5) is 0. The van der Waals surface area contributed by atoms with Crippen molar-refractivity contribution in [1.82, 2.24) is 5.32 Å². The van der Waals surface area contributed by atoms with Crippen LogP contribution in [0.4, 0.5) is 13.2 Å². The molecule has 0 spiro atoms. The number of ether oxygens (including phenoxy) is 1. The monoisotopic (exact) mass is 259 g/mol. The van der Waals surface area contributed by atoms with E-state index < -0.39 is 23.5 Å². The molecule has 1 aliphatic rings. The van der Waals surface area contributed by atoms with E-state index in [1.54, 1.807) is 7.05 Å². The van der Waals surface area contributed by atoms with Crippen molar-refractivity contribution in [1.29, 1.82) is 0 Å². The minimum Gasteiger partial charge on any atom is -0.373 e. The zero-order chi connectivity index (χ0) is 13.3. The Bertz CT molecular complexity index is 415. The molecule has 18 heavy (non-hydrogen) atoms. The van der Waals surface area contributed by atoms with E-state index >= 15 is 0 Å². The van der Waals surface area contributed by atoms with Gasteiger partial charge in [0.15, 0.2) is 0 Å². The Kier molecular flexibility index (Phi) is 3.92. The molecule has 1 saturated heterocycles. The van der Waals surface area contributed by atoms with Crippen LogP contribution in [0.3, 0.4) is 0 Å². The third-order valence-corrected chi connectivity index (χ3v) is 3.30. The minimum absolute atomic E-state index is 0.0809. The van der Waals surface area contributed by atoms with Gasteiger partial charge in [0.1, 0.15) is 17.5 Å². The molecular weight excluding hydrogens is 243 g/mol. The van der Waals surface area contributed by atoms with Crippen LogP contribution in [-0.2, 0) is 4.74 Å². The van der Waals surface area contributed by atoms with Gasteiger partial charge in [-0.1, -0.05) is 0 Å². The van der Waals surface area contributed by atoms with Gasteiger partial charge in [0.2, 0.25) is 0 Å².